The molecule has 0 aliphatic heterocycles. The van der Waals surface area contributed by atoms with E-state index in [4.69, 9.17) is 10.5 Å². The second-order valence-corrected chi connectivity index (χ2v) is 0.690. The summed E-state index contributed by atoms with van der Waals surface area (Å²) in [5, 5.41) is 14.9. The molecule has 40 valence electrons. The summed E-state index contributed by atoms with van der Waals surface area (Å²) in [4.78, 5) is 0. The summed E-state index contributed by atoms with van der Waals surface area (Å²) < 4.78 is 0. The van der Waals surface area contributed by atoms with Crippen molar-refractivity contribution < 1.29 is 0 Å². The Bertz CT molecular complexity index is 113. The van der Waals surface area contributed by atoms with Crippen molar-refractivity contribution in [1.82, 2.24) is 0 Å². The highest BCUT2D eigenvalue weighted by Gasteiger charge is 1.58. The van der Waals surface area contributed by atoms with Crippen LogP contribution in [0.15, 0.2) is 12.7 Å². The molecular weight excluding hydrogens is 100 g/mol. The lowest BCUT2D eigenvalue weighted by Gasteiger charge is -1.54. The summed E-state index contributed by atoms with van der Waals surface area (Å²) >= 11 is 0. The minimum Gasteiger partial charge on any atom is -0.198 e. The topological polar surface area (TPSA) is 47.6 Å². The molecule has 0 aliphatic carbocycles. The summed E-state index contributed by atoms with van der Waals surface area (Å²) in [5.74, 6) is 0. The van der Waals surface area contributed by atoms with Crippen LogP contribution in [0.1, 0.15) is 0 Å². The van der Waals surface area contributed by atoms with Crippen molar-refractivity contribution in [1.29, 1.82) is 10.5 Å². The summed E-state index contributed by atoms with van der Waals surface area (Å²) in [7, 11) is 0. The molecule has 0 saturated heterocycles. The van der Waals surface area contributed by atoms with Gasteiger partial charge in [-0.2, -0.15) is 10.5 Å². The number of allylic oxidation sites excluding steroid dienone is 1. The van der Waals surface area contributed by atoms with Crippen LogP contribution in [0.3, 0.4) is 0 Å². The van der Waals surface area contributed by atoms with Crippen LogP contribution in [0.25, 0.3) is 0 Å². The van der Waals surface area contributed by atoms with Gasteiger partial charge >= 0.3 is 0 Å². The molecule has 0 N–H and O–H groups in total. The lowest BCUT2D eigenvalue weighted by molar-refractivity contribution is 1.51. The van der Waals surface area contributed by atoms with E-state index in [1.807, 2.05) is 0 Å². The quantitative estimate of drug-likeness (QED) is 0.505. The van der Waals surface area contributed by atoms with Crippen LogP contribution in [0.5, 0.6) is 0 Å². The van der Waals surface area contributed by atoms with Gasteiger partial charge in [0.25, 0.3) is 0 Å². The van der Waals surface area contributed by atoms with Gasteiger partial charge in [0.1, 0.15) is 0 Å². The van der Waals surface area contributed by atoms with Gasteiger partial charge < -0.3 is 0 Å². The second kappa shape index (κ2) is 17.2. The molecule has 2 nitrogen and oxygen atoms in total. The Morgan fingerprint density at radius 2 is 1.75 bits per heavy atom. The van der Waals surface area contributed by atoms with E-state index in [1.165, 1.54) is 18.6 Å². The Labute approximate surface area is 49.7 Å². The first-order valence-electron chi connectivity index (χ1n) is 1.83. The largest absolute Gasteiger partial charge is 0.198 e. The van der Waals surface area contributed by atoms with Crippen molar-refractivity contribution >= 4 is 0 Å². The summed E-state index contributed by atoms with van der Waals surface area (Å²) in [6.07, 6.45) is 2.76. The van der Waals surface area contributed by atoms with E-state index in [0.717, 1.165) is 0 Å². The van der Waals surface area contributed by atoms with Crippen LogP contribution in [0.4, 0.5) is 0 Å². The lowest BCUT2D eigenvalue weighted by Crippen LogP contribution is -1.47. The molecule has 0 rings (SSSR count). The maximum absolute atomic E-state index is 7.69. The Hall–Kier alpha value is -1.28. The van der Waals surface area contributed by atoms with E-state index in [0.29, 0.717) is 0 Å². The fourth-order valence-electron chi connectivity index (χ4n) is 0.0527. The summed E-state index contributed by atoms with van der Waals surface area (Å²) in [6, 6.07) is 3.27. The third kappa shape index (κ3) is 126. The number of hydrogen-bond donors (Lipinski definition) is 0. The van der Waals surface area contributed by atoms with Crippen LogP contribution in [0.2, 0.25) is 0 Å². The molecule has 2 radical (unpaired) electrons. The molecule has 0 aliphatic rings. The molecule has 0 saturated carbocycles. The SMILES string of the molecule is C=C[CH]C#N.[CH2]C#N. The Kier molecular flexibility index (Phi) is 21.2. The Morgan fingerprint density at radius 3 is 1.75 bits per heavy atom. The number of nitriles is 2. The van der Waals surface area contributed by atoms with Crippen LogP contribution >= 0.6 is 0 Å². The molecule has 0 unspecified atom stereocenters. The highest BCUT2D eigenvalue weighted by Crippen LogP contribution is 1.65. The van der Waals surface area contributed by atoms with Gasteiger partial charge in [0.05, 0.1) is 18.6 Å². The Balaban J connectivity index is 0. The average molecular weight is 106 g/mol. The predicted octanol–water partition coefficient (Wildman–Crippen LogP) is 1.24. The third-order valence-electron chi connectivity index (χ3n) is 0.192. The fourth-order valence-corrected chi connectivity index (χ4v) is 0.0527. The van der Waals surface area contributed by atoms with Crippen molar-refractivity contribution in [3.05, 3.63) is 26.0 Å². The minimum atomic E-state index is 1.32. The van der Waals surface area contributed by atoms with Gasteiger partial charge in [0.15, 0.2) is 0 Å². The molecule has 0 aromatic carbocycles. The van der Waals surface area contributed by atoms with Crippen LogP contribution < -0.4 is 0 Å². The van der Waals surface area contributed by atoms with E-state index >= 15 is 0 Å². The third-order valence-corrected chi connectivity index (χ3v) is 0.192. The van der Waals surface area contributed by atoms with Crippen molar-refractivity contribution in [2.24, 2.45) is 0 Å². The first-order chi connectivity index (χ1) is 3.83. The van der Waals surface area contributed by atoms with E-state index in [1.54, 1.807) is 6.07 Å². The number of hydrogen-bond acceptors (Lipinski definition) is 2. The monoisotopic (exact) mass is 106 g/mol. The van der Waals surface area contributed by atoms with Crippen LogP contribution in [0, 0.1) is 36.0 Å². The fraction of sp³-hybridized carbons (Fsp3) is 0. The van der Waals surface area contributed by atoms with Gasteiger partial charge in [-0.25, -0.2) is 0 Å². The van der Waals surface area contributed by atoms with Crippen molar-refractivity contribution in [2.45, 2.75) is 0 Å². The predicted molar refractivity (Wildman–Crippen MR) is 31.1 cm³/mol. The zero-order chi connectivity index (χ0) is 6.83. The zero-order valence-corrected chi connectivity index (χ0v) is 4.46. The number of rotatable bonds is 1. The van der Waals surface area contributed by atoms with Gasteiger partial charge in [-0.3, -0.25) is 0 Å². The highest BCUT2D eigenvalue weighted by atomic mass is 14.2. The molecule has 0 atom stereocenters. The molecule has 0 amide bonds. The zero-order valence-electron chi connectivity index (χ0n) is 4.46. The summed E-state index contributed by atoms with van der Waals surface area (Å²) in [5.41, 5.74) is 0. The van der Waals surface area contributed by atoms with Gasteiger partial charge in [-0.1, -0.05) is 6.08 Å². The first-order valence-corrected chi connectivity index (χ1v) is 1.83. The van der Waals surface area contributed by atoms with Gasteiger partial charge in [-0.15, -0.1) is 6.58 Å². The lowest BCUT2D eigenvalue weighted by atomic mass is 10.5. The van der Waals surface area contributed by atoms with Gasteiger partial charge in [0, 0.05) is 6.92 Å². The van der Waals surface area contributed by atoms with E-state index in [9.17, 15) is 0 Å². The van der Waals surface area contributed by atoms with Crippen molar-refractivity contribution in [2.75, 3.05) is 0 Å². The molecule has 0 bridgehead atoms. The highest BCUT2D eigenvalue weighted by molar-refractivity contribution is 5.04. The van der Waals surface area contributed by atoms with E-state index in [-0.39, 0.29) is 0 Å². The minimum absolute atomic E-state index is 1.32. The molecule has 8 heavy (non-hydrogen) atoms. The van der Waals surface area contributed by atoms with Crippen molar-refractivity contribution in [3.8, 4) is 12.1 Å². The molecular formula is C6H6N2. The average Bonchev–Trinajstić information content (AvgIpc) is 1.71. The van der Waals surface area contributed by atoms with Crippen LogP contribution in [-0.4, -0.2) is 0 Å². The molecule has 2 heteroatoms. The maximum atomic E-state index is 7.69. The standard InChI is InChI=1S/C4H4N.C2H2N/c1-2-3-4-5;1-2-3/h2-3H,1H2;1H2. The summed E-state index contributed by atoms with van der Waals surface area (Å²) in [6.45, 7) is 6.06. The number of nitrogens with zero attached hydrogens (tertiary/aromatic N) is 2. The van der Waals surface area contributed by atoms with Crippen molar-refractivity contribution in [3.63, 3.8) is 0 Å². The van der Waals surface area contributed by atoms with E-state index < -0.39 is 0 Å². The molecule has 0 fully saturated rings. The van der Waals surface area contributed by atoms with E-state index in [2.05, 4.69) is 13.5 Å². The molecule has 0 aromatic heterocycles. The van der Waals surface area contributed by atoms with Crippen LogP contribution in [-0.2, 0) is 0 Å². The smallest absolute Gasteiger partial charge is 0.0834 e. The normalized spacial score (nSPS) is 4.38. The molecule has 0 aromatic rings. The first kappa shape index (κ1) is 9.87. The second-order valence-electron chi connectivity index (χ2n) is 0.690. The molecule has 0 spiro atoms. The maximum Gasteiger partial charge on any atom is 0.0834 e. The molecule has 0 heterocycles. The van der Waals surface area contributed by atoms with Gasteiger partial charge in [-0.05, 0) is 0 Å². The Morgan fingerprint density at radius 1 is 1.38 bits per heavy atom. The van der Waals surface area contributed by atoms with Gasteiger partial charge in [0.2, 0.25) is 0 Å².